The number of aliphatic hydroxyl groups excluding tert-OH is 2. The summed E-state index contributed by atoms with van der Waals surface area (Å²) in [5.41, 5.74) is 3.55. The number of primary amides is 1. The van der Waals surface area contributed by atoms with Gasteiger partial charge in [-0.3, -0.25) is 14.4 Å². The van der Waals surface area contributed by atoms with Crippen molar-refractivity contribution in [1.82, 2.24) is 10.6 Å². The van der Waals surface area contributed by atoms with Crippen LogP contribution >= 0.6 is 0 Å². The fraction of sp³-hybridized carbons (Fsp3) is 0.710. The molecule has 4 atom stereocenters. The smallest absolute Gasteiger partial charge is 0.416 e. The van der Waals surface area contributed by atoms with Crippen LogP contribution in [0.3, 0.4) is 0 Å². The van der Waals surface area contributed by atoms with Gasteiger partial charge in [-0.2, -0.15) is 13.2 Å². The third-order valence-electron chi connectivity index (χ3n) is 6.81. The molecular formula is C31H48F3N3O13. The molecule has 1 saturated heterocycles. The molecule has 3 amide bonds. The molecule has 1 aliphatic rings. The van der Waals surface area contributed by atoms with Gasteiger partial charge in [-0.05, 0) is 25.1 Å². The largest absolute Gasteiger partial charge is 0.484 e. The Kier molecular flexibility index (Phi) is 20.8. The third kappa shape index (κ3) is 18.7. The van der Waals surface area contributed by atoms with Crippen molar-refractivity contribution >= 4 is 17.7 Å². The summed E-state index contributed by atoms with van der Waals surface area (Å²) in [6.07, 6.45) is -7.21. The molecule has 1 heterocycles. The molecule has 0 saturated carbocycles. The third-order valence-corrected chi connectivity index (χ3v) is 6.81. The average molecular weight is 728 g/mol. The number of nitrogens with two attached hydrogens (primary N) is 1. The fourth-order valence-electron chi connectivity index (χ4n) is 4.15. The van der Waals surface area contributed by atoms with Gasteiger partial charge in [0.25, 0.3) is 5.91 Å². The number of ether oxygens (including phenoxy) is 8. The zero-order valence-electron chi connectivity index (χ0n) is 28.0. The molecule has 6 N–H and O–H groups in total. The second kappa shape index (κ2) is 24.1. The van der Waals surface area contributed by atoms with E-state index < -0.39 is 60.3 Å². The van der Waals surface area contributed by atoms with E-state index in [0.29, 0.717) is 45.1 Å². The molecule has 1 fully saturated rings. The molecule has 286 valence electrons. The van der Waals surface area contributed by atoms with Crippen molar-refractivity contribution in [1.29, 1.82) is 0 Å². The Hall–Kier alpha value is -3.14. The molecule has 2 rings (SSSR count). The van der Waals surface area contributed by atoms with Crippen LogP contribution in [-0.4, -0.2) is 145 Å². The maximum absolute atomic E-state index is 13.0. The summed E-state index contributed by atoms with van der Waals surface area (Å²) in [5, 5.41) is 24.7. The number of carbonyl (C=O) groups excluding carboxylic acids is 3. The summed E-state index contributed by atoms with van der Waals surface area (Å²) < 4.78 is 81.8. The van der Waals surface area contributed by atoms with Gasteiger partial charge in [-0.15, -0.1) is 0 Å². The first kappa shape index (κ1) is 43.0. The maximum atomic E-state index is 13.0. The number of rotatable bonds is 26. The Bertz CT molecular complexity index is 1150. The Morgan fingerprint density at radius 1 is 0.800 bits per heavy atom. The monoisotopic (exact) mass is 727 g/mol. The molecule has 0 radical (unpaired) electrons. The molecule has 1 aromatic rings. The fourth-order valence-corrected chi connectivity index (χ4v) is 4.15. The molecule has 2 unspecified atom stereocenters. The Morgan fingerprint density at radius 2 is 1.34 bits per heavy atom. The van der Waals surface area contributed by atoms with Gasteiger partial charge in [-0.1, -0.05) is 0 Å². The molecule has 1 aromatic carbocycles. The van der Waals surface area contributed by atoms with E-state index in [1.807, 2.05) is 0 Å². The van der Waals surface area contributed by atoms with Crippen molar-refractivity contribution in [3.05, 3.63) is 29.3 Å². The van der Waals surface area contributed by atoms with Crippen LogP contribution in [0, 0.1) is 0 Å². The highest BCUT2D eigenvalue weighted by Crippen LogP contribution is 2.32. The molecule has 50 heavy (non-hydrogen) atoms. The first-order chi connectivity index (χ1) is 23.9. The summed E-state index contributed by atoms with van der Waals surface area (Å²) in [6, 6.07) is 2.30. The second-order valence-corrected chi connectivity index (χ2v) is 10.9. The van der Waals surface area contributed by atoms with Crippen LogP contribution in [0.1, 0.15) is 35.7 Å². The Morgan fingerprint density at radius 3 is 1.92 bits per heavy atom. The number of amides is 3. The molecule has 0 bridgehead atoms. The number of carbonyl (C=O) groups is 3. The van der Waals surface area contributed by atoms with Crippen molar-refractivity contribution in [3.63, 3.8) is 0 Å². The van der Waals surface area contributed by atoms with E-state index in [-0.39, 0.29) is 77.3 Å². The highest BCUT2D eigenvalue weighted by molar-refractivity contribution is 5.93. The zero-order chi connectivity index (χ0) is 36.8. The van der Waals surface area contributed by atoms with E-state index >= 15 is 0 Å². The van der Waals surface area contributed by atoms with Crippen molar-refractivity contribution < 1.29 is 75.7 Å². The van der Waals surface area contributed by atoms with Gasteiger partial charge in [-0.25, -0.2) is 0 Å². The Balaban J connectivity index is 1.33. The molecule has 19 heteroatoms. The first-order valence-electron chi connectivity index (χ1n) is 16.1. The lowest BCUT2D eigenvalue weighted by Gasteiger charge is -2.35. The maximum Gasteiger partial charge on any atom is 0.416 e. The number of alkyl halides is 3. The normalized spacial score (nSPS) is 19.2. The van der Waals surface area contributed by atoms with Crippen LogP contribution in [0.4, 0.5) is 13.2 Å². The van der Waals surface area contributed by atoms with Crippen LogP contribution in [0.2, 0.25) is 0 Å². The number of benzene rings is 1. The van der Waals surface area contributed by atoms with E-state index in [4.69, 9.17) is 43.6 Å². The number of hydrogen-bond donors (Lipinski definition) is 5. The van der Waals surface area contributed by atoms with Crippen molar-refractivity contribution in [2.45, 2.75) is 50.5 Å². The van der Waals surface area contributed by atoms with Crippen molar-refractivity contribution in [3.8, 4) is 5.75 Å². The molecule has 1 aliphatic heterocycles. The van der Waals surface area contributed by atoms with Crippen LogP contribution in [-0.2, 0) is 48.9 Å². The van der Waals surface area contributed by atoms with Crippen LogP contribution in [0.5, 0.6) is 5.75 Å². The van der Waals surface area contributed by atoms with E-state index in [9.17, 15) is 37.8 Å². The molecule has 16 nitrogen and oxygen atoms in total. The lowest BCUT2D eigenvalue weighted by atomic mass is 10.0. The number of halogens is 3. The van der Waals surface area contributed by atoms with E-state index in [1.165, 1.54) is 0 Å². The zero-order valence-corrected chi connectivity index (χ0v) is 28.0. The Labute approximate surface area is 287 Å². The first-order valence-corrected chi connectivity index (χ1v) is 16.1. The van der Waals surface area contributed by atoms with Crippen LogP contribution in [0.15, 0.2) is 18.2 Å². The minimum atomic E-state index is -4.72. The SMILES string of the molecule is C[C@@H]1OC(OCCOCCNC(=O)CCOCCOCCOCCOCCNC(=O)COc2cc(C(N)=O)cc(C(F)(F)F)c2)[C@H](O)CC1O. The van der Waals surface area contributed by atoms with Crippen LogP contribution in [0.25, 0.3) is 0 Å². The van der Waals surface area contributed by atoms with E-state index in [2.05, 4.69) is 10.6 Å². The molecular weight excluding hydrogens is 679 g/mol. The van der Waals surface area contributed by atoms with Gasteiger partial charge < -0.3 is 64.5 Å². The van der Waals surface area contributed by atoms with E-state index in [0.717, 1.165) is 6.07 Å². The van der Waals surface area contributed by atoms with Gasteiger partial charge in [0.05, 0.1) is 90.4 Å². The highest BCUT2D eigenvalue weighted by Gasteiger charge is 2.34. The molecule has 0 aliphatic carbocycles. The second-order valence-electron chi connectivity index (χ2n) is 10.9. The number of hydrogen-bond acceptors (Lipinski definition) is 13. The molecule has 0 aromatic heterocycles. The quantitative estimate of drug-likeness (QED) is 0.0781. The summed E-state index contributed by atoms with van der Waals surface area (Å²) in [5.74, 6) is -2.16. The summed E-state index contributed by atoms with van der Waals surface area (Å²) in [6.45, 7) is 4.53. The number of aliphatic hydroxyl groups is 2. The lowest BCUT2D eigenvalue weighted by molar-refractivity contribution is -0.263. The summed E-state index contributed by atoms with van der Waals surface area (Å²) in [4.78, 5) is 35.1. The predicted molar refractivity (Wildman–Crippen MR) is 167 cm³/mol. The standard InChI is InChI=1S/C31H48F3N3O13/c1-21-25(38)19-26(39)30(50-21)48-15-14-45-6-3-36-27(40)2-5-43-8-10-46-12-13-47-11-9-44-7-4-37-28(41)20-49-24-17-22(29(35)42)16-23(18-24)31(32,33)34/h16-18,21,25-26,30,38-39H,2-15,19-20H2,1H3,(H2,35,42)(H,36,40)(H,37,41)/t21-,25?,26+,30?/m0/s1. The minimum absolute atomic E-state index is 0.129. The van der Waals surface area contributed by atoms with Gasteiger partial charge in [0.2, 0.25) is 11.8 Å². The predicted octanol–water partition coefficient (Wildman–Crippen LogP) is -0.238. The average Bonchev–Trinajstić information content (AvgIpc) is 3.06. The van der Waals surface area contributed by atoms with Crippen molar-refractivity contribution in [2.75, 3.05) is 92.4 Å². The topological polar surface area (TPSA) is 216 Å². The van der Waals surface area contributed by atoms with Gasteiger partial charge in [0.15, 0.2) is 12.9 Å². The summed E-state index contributed by atoms with van der Waals surface area (Å²) in [7, 11) is 0. The van der Waals surface area contributed by atoms with Gasteiger partial charge >= 0.3 is 6.18 Å². The minimum Gasteiger partial charge on any atom is -0.484 e. The highest BCUT2D eigenvalue weighted by atomic mass is 19.4. The van der Waals surface area contributed by atoms with E-state index in [1.54, 1.807) is 6.92 Å². The number of nitrogens with one attached hydrogen (secondary N) is 2. The van der Waals surface area contributed by atoms with Gasteiger partial charge in [0, 0.05) is 31.5 Å². The lowest BCUT2D eigenvalue weighted by Crippen LogP contribution is -2.47. The molecule has 0 spiro atoms. The summed E-state index contributed by atoms with van der Waals surface area (Å²) >= 11 is 0. The van der Waals surface area contributed by atoms with Crippen LogP contribution < -0.4 is 21.1 Å². The van der Waals surface area contributed by atoms with Crippen molar-refractivity contribution in [2.24, 2.45) is 5.73 Å². The van der Waals surface area contributed by atoms with Gasteiger partial charge in [0.1, 0.15) is 11.9 Å².